The molecule has 0 spiro atoms. The van der Waals surface area contributed by atoms with Crippen molar-refractivity contribution in [3.8, 4) is 9.88 Å². The van der Waals surface area contributed by atoms with Gasteiger partial charge in [-0.25, -0.2) is 4.98 Å². The van der Waals surface area contributed by atoms with E-state index in [-0.39, 0.29) is 5.91 Å². The fourth-order valence-electron chi connectivity index (χ4n) is 1.80. The lowest BCUT2D eigenvalue weighted by Gasteiger charge is -2.18. The molecule has 3 nitrogen and oxygen atoms in total. The van der Waals surface area contributed by atoms with E-state index in [9.17, 15) is 4.79 Å². The fourth-order valence-corrected chi connectivity index (χ4v) is 3.63. The summed E-state index contributed by atoms with van der Waals surface area (Å²) < 4.78 is 0. The van der Waals surface area contributed by atoms with E-state index < -0.39 is 0 Å². The molecule has 0 bridgehead atoms. The summed E-state index contributed by atoms with van der Waals surface area (Å²) >= 11 is 3.07. The number of aromatic nitrogens is 1. The molecule has 0 aliphatic heterocycles. The Balaban J connectivity index is 2.29. The summed E-state index contributed by atoms with van der Waals surface area (Å²) in [5, 5.41) is 2.91. The molecule has 1 amide bonds. The van der Waals surface area contributed by atoms with Crippen molar-refractivity contribution in [1.29, 1.82) is 0 Å². The van der Waals surface area contributed by atoms with E-state index in [1.165, 1.54) is 11.3 Å². The van der Waals surface area contributed by atoms with Gasteiger partial charge in [-0.15, -0.1) is 35.8 Å². The fraction of sp³-hybridized carbons (Fsp3) is 0.200. The van der Waals surface area contributed by atoms with Gasteiger partial charge in [0.25, 0.3) is 5.91 Å². The summed E-state index contributed by atoms with van der Waals surface area (Å²) in [5.41, 5.74) is 0.779. The molecule has 0 aliphatic carbocycles. The Hall–Kier alpha value is -1.72. The van der Waals surface area contributed by atoms with E-state index in [1.807, 2.05) is 24.4 Å². The molecule has 0 saturated carbocycles. The number of thiophene rings is 1. The summed E-state index contributed by atoms with van der Waals surface area (Å²) in [4.78, 5) is 20.5. The Labute approximate surface area is 126 Å². The van der Waals surface area contributed by atoms with Crippen LogP contribution in [0.4, 0.5) is 0 Å². The highest BCUT2D eigenvalue weighted by Crippen LogP contribution is 2.31. The maximum Gasteiger partial charge on any atom is 0.266 e. The van der Waals surface area contributed by atoms with Crippen molar-refractivity contribution in [2.75, 3.05) is 13.1 Å². The van der Waals surface area contributed by atoms with E-state index in [0.717, 1.165) is 15.6 Å². The van der Waals surface area contributed by atoms with Crippen LogP contribution in [0, 0.1) is 6.92 Å². The van der Waals surface area contributed by atoms with Gasteiger partial charge in [-0.1, -0.05) is 18.2 Å². The van der Waals surface area contributed by atoms with Gasteiger partial charge in [-0.2, -0.15) is 0 Å². The molecule has 0 radical (unpaired) electrons. The third-order valence-corrected chi connectivity index (χ3v) is 4.89. The van der Waals surface area contributed by atoms with Crippen LogP contribution in [0.3, 0.4) is 0 Å². The molecule has 104 valence electrons. The van der Waals surface area contributed by atoms with Crippen LogP contribution in [0.5, 0.6) is 0 Å². The minimum atomic E-state index is -0.0115. The molecule has 2 heterocycles. The molecular weight excluding hydrogens is 288 g/mol. The van der Waals surface area contributed by atoms with Gasteiger partial charge >= 0.3 is 0 Å². The normalized spacial score (nSPS) is 10.2. The third-order valence-electron chi connectivity index (χ3n) is 2.71. The molecule has 0 unspecified atom stereocenters. The van der Waals surface area contributed by atoms with Crippen LogP contribution < -0.4 is 0 Å². The van der Waals surface area contributed by atoms with Gasteiger partial charge in [0.05, 0.1) is 10.6 Å². The predicted octanol–water partition coefficient (Wildman–Crippen LogP) is 3.99. The highest BCUT2D eigenvalue weighted by Gasteiger charge is 2.20. The molecule has 20 heavy (non-hydrogen) atoms. The second-order valence-corrected chi connectivity index (χ2v) is 6.15. The van der Waals surface area contributed by atoms with Crippen molar-refractivity contribution >= 4 is 28.6 Å². The number of amides is 1. The van der Waals surface area contributed by atoms with E-state index in [0.29, 0.717) is 18.0 Å². The minimum absolute atomic E-state index is 0.0115. The first-order valence-electron chi connectivity index (χ1n) is 6.19. The van der Waals surface area contributed by atoms with Crippen molar-refractivity contribution in [3.05, 3.63) is 53.4 Å². The van der Waals surface area contributed by atoms with Crippen LogP contribution in [-0.2, 0) is 0 Å². The highest BCUT2D eigenvalue weighted by molar-refractivity contribution is 7.22. The first-order chi connectivity index (χ1) is 9.67. The Morgan fingerprint density at radius 3 is 2.65 bits per heavy atom. The Bertz CT molecular complexity index is 604. The molecule has 2 aromatic rings. The average Bonchev–Trinajstić information content (AvgIpc) is 3.06. The average molecular weight is 304 g/mol. The zero-order chi connectivity index (χ0) is 14.5. The van der Waals surface area contributed by atoms with Crippen molar-refractivity contribution in [2.24, 2.45) is 0 Å². The van der Waals surface area contributed by atoms with Crippen LogP contribution in [0.15, 0.2) is 42.8 Å². The highest BCUT2D eigenvalue weighted by atomic mass is 32.1. The number of hydrogen-bond donors (Lipinski definition) is 0. The molecule has 0 N–H and O–H groups in total. The van der Waals surface area contributed by atoms with E-state index in [1.54, 1.807) is 28.4 Å². The molecule has 0 atom stereocenters. The number of nitrogens with zero attached hydrogens (tertiary/aromatic N) is 2. The number of aryl methyl sites for hydroxylation is 1. The molecular formula is C15H16N2OS2. The largest absolute Gasteiger partial charge is 0.330 e. The van der Waals surface area contributed by atoms with Crippen LogP contribution in [0.25, 0.3) is 9.88 Å². The van der Waals surface area contributed by atoms with Crippen molar-refractivity contribution in [2.45, 2.75) is 6.92 Å². The zero-order valence-corrected chi connectivity index (χ0v) is 13.0. The smallest absolute Gasteiger partial charge is 0.266 e. The maximum atomic E-state index is 12.5. The first kappa shape index (κ1) is 14.7. The van der Waals surface area contributed by atoms with Crippen LogP contribution in [0.2, 0.25) is 0 Å². The molecule has 5 heteroatoms. The van der Waals surface area contributed by atoms with Gasteiger partial charge in [-0.3, -0.25) is 4.79 Å². The number of rotatable bonds is 6. The summed E-state index contributed by atoms with van der Waals surface area (Å²) in [5.74, 6) is -0.0115. The van der Waals surface area contributed by atoms with E-state index >= 15 is 0 Å². The topological polar surface area (TPSA) is 33.2 Å². The summed E-state index contributed by atoms with van der Waals surface area (Å²) in [6.45, 7) is 10.3. The zero-order valence-electron chi connectivity index (χ0n) is 11.3. The second-order valence-electron chi connectivity index (χ2n) is 4.20. The molecule has 0 saturated heterocycles. The Morgan fingerprint density at radius 2 is 2.10 bits per heavy atom. The lowest BCUT2D eigenvalue weighted by Crippen LogP contribution is -2.31. The van der Waals surface area contributed by atoms with Crippen molar-refractivity contribution in [3.63, 3.8) is 0 Å². The van der Waals surface area contributed by atoms with Gasteiger partial charge < -0.3 is 4.90 Å². The quantitative estimate of drug-likeness (QED) is 0.756. The van der Waals surface area contributed by atoms with Crippen molar-refractivity contribution in [1.82, 2.24) is 9.88 Å². The number of carbonyl (C=O) groups is 1. The summed E-state index contributed by atoms with van der Waals surface area (Å²) in [7, 11) is 0. The summed E-state index contributed by atoms with van der Waals surface area (Å²) in [6, 6.07) is 4.00. The van der Waals surface area contributed by atoms with Crippen LogP contribution in [-0.4, -0.2) is 28.9 Å². The monoisotopic (exact) mass is 304 g/mol. The number of carbonyl (C=O) groups excluding carboxylic acids is 1. The van der Waals surface area contributed by atoms with E-state index in [2.05, 4.69) is 18.1 Å². The van der Waals surface area contributed by atoms with Crippen molar-refractivity contribution < 1.29 is 4.79 Å². The summed E-state index contributed by atoms with van der Waals surface area (Å²) in [6.07, 6.45) is 3.44. The SMILES string of the molecule is C=CCN(CC=C)C(=O)c1sc(-c2cccs2)nc1C. The molecule has 2 aromatic heterocycles. The van der Waals surface area contributed by atoms with Crippen LogP contribution >= 0.6 is 22.7 Å². The Kier molecular flexibility index (Phi) is 4.87. The molecule has 0 aromatic carbocycles. The third kappa shape index (κ3) is 3.05. The maximum absolute atomic E-state index is 12.5. The standard InChI is InChI=1S/C15H16N2OS2/c1-4-8-17(9-5-2)15(18)13-11(3)16-14(20-13)12-7-6-10-19-12/h4-7,10H,1-2,8-9H2,3H3. The van der Waals surface area contributed by atoms with Gasteiger partial charge in [0, 0.05) is 13.1 Å². The molecule has 2 rings (SSSR count). The second kappa shape index (κ2) is 6.63. The lowest BCUT2D eigenvalue weighted by atomic mass is 10.3. The minimum Gasteiger partial charge on any atom is -0.330 e. The number of hydrogen-bond acceptors (Lipinski definition) is 4. The molecule has 0 fully saturated rings. The van der Waals surface area contributed by atoms with Crippen LogP contribution in [0.1, 0.15) is 15.4 Å². The van der Waals surface area contributed by atoms with Gasteiger partial charge in [0.2, 0.25) is 0 Å². The molecule has 0 aliphatic rings. The Morgan fingerprint density at radius 1 is 1.40 bits per heavy atom. The predicted molar refractivity (Wildman–Crippen MR) is 86.5 cm³/mol. The first-order valence-corrected chi connectivity index (χ1v) is 7.89. The lowest BCUT2D eigenvalue weighted by molar-refractivity contribution is 0.0794. The van der Waals surface area contributed by atoms with Gasteiger partial charge in [0.15, 0.2) is 0 Å². The van der Waals surface area contributed by atoms with Gasteiger partial charge in [0.1, 0.15) is 9.88 Å². The number of thiazole rings is 1. The van der Waals surface area contributed by atoms with Gasteiger partial charge in [-0.05, 0) is 18.4 Å². The van der Waals surface area contributed by atoms with E-state index in [4.69, 9.17) is 0 Å².